The quantitative estimate of drug-likeness (QED) is 0.690. The van der Waals surface area contributed by atoms with Crippen LogP contribution in [0, 0.1) is 0 Å². The van der Waals surface area contributed by atoms with E-state index in [1.54, 1.807) is 0 Å². The molecule has 0 fully saturated rings. The number of nitrogens with two attached hydrogens (primary N) is 1. The molecule has 0 spiro atoms. The Kier molecular flexibility index (Phi) is 5.25. The number of aromatic nitrogens is 4. The lowest BCUT2D eigenvalue weighted by Gasteiger charge is -2.11. The number of nitrogens with zero attached hydrogens (tertiary/aromatic N) is 4. The zero-order chi connectivity index (χ0) is 11.1. The van der Waals surface area contributed by atoms with Crippen molar-refractivity contribution in [3.63, 3.8) is 0 Å². The van der Waals surface area contributed by atoms with Gasteiger partial charge in [0.15, 0.2) is 5.82 Å². The van der Waals surface area contributed by atoms with Gasteiger partial charge in [0, 0.05) is 12.5 Å². The second-order valence-electron chi connectivity index (χ2n) is 3.77. The van der Waals surface area contributed by atoms with Crippen LogP contribution in [0.15, 0.2) is 0 Å². The number of unbranched alkanes of at least 4 members (excludes halogenated alkanes) is 1. The van der Waals surface area contributed by atoms with Crippen molar-refractivity contribution in [3.05, 3.63) is 5.82 Å². The van der Waals surface area contributed by atoms with Gasteiger partial charge in [-0.25, -0.2) is 4.68 Å². The Bertz CT molecular complexity index is 267. The van der Waals surface area contributed by atoms with Gasteiger partial charge in [-0.15, -0.1) is 5.10 Å². The Hall–Kier alpha value is -0.970. The van der Waals surface area contributed by atoms with Crippen LogP contribution in [0.3, 0.4) is 0 Å². The van der Waals surface area contributed by atoms with Crippen LogP contribution in [0.2, 0.25) is 0 Å². The van der Waals surface area contributed by atoms with E-state index in [2.05, 4.69) is 29.4 Å². The maximum atomic E-state index is 5.46. The van der Waals surface area contributed by atoms with Gasteiger partial charge in [-0.05, 0) is 42.7 Å². The van der Waals surface area contributed by atoms with Crippen molar-refractivity contribution >= 4 is 0 Å². The van der Waals surface area contributed by atoms with E-state index in [9.17, 15) is 0 Å². The van der Waals surface area contributed by atoms with Gasteiger partial charge in [0.25, 0.3) is 0 Å². The predicted molar refractivity (Wildman–Crippen MR) is 59.4 cm³/mol. The second kappa shape index (κ2) is 6.50. The monoisotopic (exact) mass is 211 g/mol. The van der Waals surface area contributed by atoms with Gasteiger partial charge in [-0.2, -0.15) is 0 Å². The lowest BCUT2D eigenvalue weighted by molar-refractivity contribution is 0.488. The van der Waals surface area contributed by atoms with Crippen molar-refractivity contribution in [2.24, 2.45) is 5.73 Å². The Morgan fingerprint density at radius 1 is 1.27 bits per heavy atom. The van der Waals surface area contributed by atoms with Crippen LogP contribution in [0.4, 0.5) is 0 Å². The molecule has 0 aliphatic heterocycles. The molecule has 0 amide bonds. The molecule has 0 unspecified atom stereocenters. The average Bonchev–Trinajstić information content (AvgIpc) is 2.69. The lowest BCUT2D eigenvalue weighted by atomic mass is 10.0. The van der Waals surface area contributed by atoms with Gasteiger partial charge in [0.05, 0.1) is 0 Å². The van der Waals surface area contributed by atoms with Crippen molar-refractivity contribution in [3.8, 4) is 0 Å². The average molecular weight is 211 g/mol. The highest BCUT2D eigenvalue weighted by Gasteiger charge is 2.14. The third-order valence-electron chi connectivity index (χ3n) is 2.73. The molecule has 1 aromatic heterocycles. The van der Waals surface area contributed by atoms with Gasteiger partial charge in [-0.3, -0.25) is 0 Å². The molecular formula is C10H21N5. The molecule has 1 heterocycles. The Labute approximate surface area is 91.0 Å². The summed E-state index contributed by atoms with van der Waals surface area (Å²) in [6.07, 6.45) is 4.26. The molecule has 0 atom stereocenters. The van der Waals surface area contributed by atoms with Crippen LogP contribution in [-0.4, -0.2) is 26.8 Å². The summed E-state index contributed by atoms with van der Waals surface area (Å²) in [6.45, 7) is 5.97. The first-order chi connectivity index (χ1) is 7.33. The Morgan fingerprint density at radius 2 is 2.00 bits per heavy atom. The van der Waals surface area contributed by atoms with Gasteiger partial charge in [0.1, 0.15) is 0 Å². The molecule has 15 heavy (non-hydrogen) atoms. The molecule has 1 rings (SSSR count). The fourth-order valence-corrected chi connectivity index (χ4v) is 1.72. The highest BCUT2D eigenvalue weighted by Crippen LogP contribution is 2.19. The first kappa shape index (κ1) is 12.1. The smallest absolute Gasteiger partial charge is 0.154 e. The van der Waals surface area contributed by atoms with Crippen LogP contribution in [0.1, 0.15) is 51.3 Å². The van der Waals surface area contributed by atoms with Crippen LogP contribution in [0.5, 0.6) is 0 Å². The number of aryl methyl sites for hydroxylation is 1. The van der Waals surface area contributed by atoms with Crippen molar-refractivity contribution in [2.75, 3.05) is 6.54 Å². The van der Waals surface area contributed by atoms with Crippen molar-refractivity contribution < 1.29 is 0 Å². The maximum Gasteiger partial charge on any atom is 0.154 e. The first-order valence-electron chi connectivity index (χ1n) is 5.79. The molecule has 0 radical (unpaired) electrons. The maximum absolute atomic E-state index is 5.46. The molecule has 86 valence electrons. The molecule has 0 bridgehead atoms. The predicted octanol–water partition coefficient (Wildman–Crippen LogP) is 1.32. The summed E-state index contributed by atoms with van der Waals surface area (Å²) < 4.78 is 1.92. The minimum absolute atomic E-state index is 0.484. The van der Waals surface area contributed by atoms with Gasteiger partial charge < -0.3 is 5.73 Å². The van der Waals surface area contributed by atoms with E-state index in [4.69, 9.17) is 5.73 Å². The summed E-state index contributed by atoms with van der Waals surface area (Å²) in [4.78, 5) is 0. The standard InChI is InChI=1S/C10H21N5/c1-3-9(4-2)10-12-13-14-15(10)8-6-5-7-11/h9H,3-8,11H2,1-2H3. The third-order valence-corrected chi connectivity index (χ3v) is 2.73. The van der Waals surface area contributed by atoms with Crippen molar-refractivity contribution in [2.45, 2.75) is 52.0 Å². The number of hydrogen-bond donors (Lipinski definition) is 1. The molecule has 2 N–H and O–H groups in total. The second-order valence-corrected chi connectivity index (χ2v) is 3.77. The molecule has 0 aromatic carbocycles. The number of tetrazole rings is 1. The van der Waals surface area contributed by atoms with Crippen LogP contribution in [0.25, 0.3) is 0 Å². The van der Waals surface area contributed by atoms with Gasteiger partial charge >= 0.3 is 0 Å². The van der Waals surface area contributed by atoms with Gasteiger partial charge in [0.2, 0.25) is 0 Å². The van der Waals surface area contributed by atoms with E-state index < -0.39 is 0 Å². The lowest BCUT2D eigenvalue weighted by Crippen LogP contribution is -2.11. The summed E-state index contributed by atoms with van der Waals surface area (Å²) in [6, 6.07) is 0. The van der Waals surface area contributed by atoms with Crippen molar-refractivity contribution in [1.82, 2.24) is 20.2 Å². The SMILES string of the molecule is CCC(CC)c1nnnn1CCCCN. The van der Waals surface area contributed by atoms with Crippen molar-refractivity contribution in [1.29, 1.82) is 0 Å². The van der Waals surface area contributed by atoms with E-state index >= 15 is 0 Å². The first-order valence-corrected chi connectivity index (χ1v) is 5.79. The minimum atomic E-state index is 0.484. The summed E-state index contributed by atoms with van der Waals surface area (Å²) >= 11 is 0. The molecule has 5 heteroatoms. The van der Waals surface area contributed by atoms with E-state index in [1.165, 1.54) is 0 Å². The highest BCUT2D eigenvalue weighted by molar-refractivity contribution is 4.92. The topological polar surface area (TPSA) is 69.6 Å². The minimum Gasteiger partial charge on any atom is -0.330 e. The Balaban J connectivity index is 2.59. The summed E-state index contributed by atoms with van der Waals surface area (Å²) in [5.41, 5.74) is 5.46. The molecule has 0 aliphatic rings. The molecule has 1 aromatic rings. The number of rotatable bonds is 7. The van der Waals surface area contributed by atoms with Crippen LogP contribution < -0.4 is 5.73 Å². The highest BCUT2D eigenvalue weighted by atomic mass is 15.5. The van der Waals surface area contributed by atoms with Crippen LogP contribution in [-0.2, 0) is 6.54 Å². The van der Waals surface area contributed by atoms with Gasteiger partial charge in [-0.1, -0.05) is 13.8 Å². The van der Waals surface area contributed by atoms with E-state index in [-0.39, 0.29) is 0 Å². The summed E-state index contributed by atoms with van der Waals surface area (Å²) in [5.74, 6) is 1.51. The summed E-state index contributed by atoms with van der Waals surface area (Å²) in [5, 5.41) is 11.9. The normalized spacial score (nSPS) is 11.2. The van der Waals surface area contributed by atoms with E-state index in [0.717, 1.165) is 44.6 Å². The fraction of sp³-hybridized carbons (Fsp3) is 0.900. The molecule has 0 saturated heterocycles. The molecule has 0 saturated carbocycles. The van der Waals surface area contributed by atoms with E-state index in [0.29, 0.717) is 5.92 Å². The third kappa shape index (κ3) is 3.27. The molecule has 5 nitrogen and oxygen atoms in total. The largest absolute Gasteiger partial charge is 0.330 e. The van der Waals surface area contributed by atoms with E-state index in [1.807, 2.05) is 4.68 Å². The fourth-order valence-electron chi connectivity index (χ4n) is 1.72. The van der Waals surface area contributed by atoms with Crippen LogP contribution >= 0.6 is 0 Å². The molecule has 0 aliphatic carbocycles. The summed E-state index contributed by atoms with van der Waals surface area (Å²) in [7, 11) is 0. The zero-order valence-corrected chi connectivity index (χ0v) is 9.69. The Morgan fingerprint density at radius 3 is 2.60 bits per heavy atom. The number of hydrogen-bond acceptors (Lipinski definition) is 4. The zero-order valence-electron chi connectivity index (χ0n) is 9.69. The molecular weight excluding hydrogens is 190 g/mol.